The molecular formula is C11H22ClN2O+. The number of nitrogens with two attached hydrogens (primary N) is 1. The Hall–Kier alpha value is -0.280. The maximum atomic E-state index is 11.2. The molecule has 1 saturated heterocycles. The number of nitrogens with one attached hydrogen (secondary N) is 1. The van der Waals surface area contributed by atoms with Crippen LogP contribution in [0.15, 0.2) is 0 Å². The minimum absolute atomic E-state index is 0.0566. The van der Waals surface area contributed by atoms with Crippen LogP contribution in [0.1, 0.15) is 40.5 Å². The number of carbonyl (C=O) groups is 1. The summed E-state index contributed by atoms with van der Waals surface area (Å²) < 4.78 is 0. The van der Waals surface area contributed by atoms with Gasteiger partial charge in [-0.3, -0.25) is 4.79 Å². The first-order chi connectivity index (χ1) is 6.74. The maximum absolute atomic E-state index is 11.2. The molecule has 1 heterocycles. The molecule has 0 bridgehead atoms. The minimum Gasteiger partial charge on any atom is -0.352 e. The second-order valence-corrected chi connectivity index (χ2v) is 6.20. The number of hydrogen-bond acceptors (Lipinski definition) is 1. The van der Waals surface area contributed by atoms with E-state index >= 15 is 0 Å². The lowest BCUT2D eigenvalue weighted by atomic mass is 9.79. The monoisotopic (exact) mass is 233 g/mol. The summed E-state index contributed by atoms with van der Waals surface area (Å²) in [5.74, 6) is -0.00341. The molecule has 0 radical (unpaired) electrons. The molecule has 0 spiro atoms. The number of hydrogen-bond donors (Lipinski definition) is 2. The second kappa shape index (κ2) is 4.30. The SMILES string of the molecule is CC1(C)CC(NC(=O)CCl)CC(C)(C)[NH2+]1. The number of piperidine rings is 1. The molecule has 0 aromatic heterocycles. The Labute approximate surface area is 96.9 Å². The van der Waals surface area contributed by atoms with E-state index in [0.29, 0.717) is 0 Å². The largest absolute Gasteiger partial charge is 0.352 e. The Kier molecular flexibility index (Phi) is 3.67. The molecule has 15 heavy (non-hydrogen) atoms. The van der Waals surface area contributed by atoms with Crippen LogP contribution in [0.2, 0.25) is 0 Å². The van der Waals surface area contributed by atoms with Crippen molar-refractivity contribution >= 4 is 17.5 Å². The number of quaternary nitrogens is 1. The molecule has 0 aromatic carbocycles. The van der Waals surface area contributed by atoms with Gasteiger partial charge >= 0.3 is 0 Å². The average Bonchev–Trinajstić information content (AvgIpc) is 1.97. The van der Waals surface area contributed by atoms with Crippen molar-refractivity contribution in [3.05, 3.63) is 0 Å². The summed E-state index contributed by atoms with van der Waals surface area (Å²) in [5.41, 5.74) is 0.373. The van der Waals surface area contributed by atoms with Crippen molar-refractivity contribution in [2.45, 2.75) is 57.7 Å². The van der Waals surface area contributed by atoms with E-state index in [1.165, 1.54) is 0 Å². The van der Waals surface area contributed by atoms with Crippen LogP contribution in [0.4, 0.5) is 0 Å². The smallest absolute Gasteiger partial charge is 0.235 e. The Bertz CT molecular complexity index is 235. The van der Waals surface area contributed by atoms with Gasteiger partial charge in [-0.2, -0.15) is 0 Å². The minimum atomic E-state index is -0.0600. The number of amides is 1. The normalized spacial score (nSPS) is 24.9. The van der Waals surface area contributed by atoms with Crippen molar-refractivity contribution < 1.29 is 10.1 Å². The summed E-state index contributed by atoms with van der Waals surface area (Å²) in [5, 5.41) is 5.38. The van der Waals surface area contributed by atoms with E-state index in [1.54, 1.807) is 0 Å². The lowest BCUT2D eigenvalue weighted by Gasteiger charge is -2.43. The van der Waals surface area contributed by atoms with E-state index in [0.717, 1.165) is 12.8 Å². The molecule has 3 nitrogen and oxygen atoms in total. The average molecular weight is 234 g/mol. The van der Waals surface area contributed by atoms with E-state index in [1.807, 2.05) is 0 Å². The molecule has 1 rings (SSSR count). The van der Waals surface area contributed by atoms with Crippen LogP contribution in [0.5, 0.6) is 0 Å². The van der Waals surface area contributed by atoms with Crippen molar-refractivity contribution in [3.63, 3.8) is 0 Å². The Balaban J connectivity index is 2.63. The Morgan fingerprint density at radius 1 is 1.33 bits per heavy atom. The van der Waals surface area contributed by atoms with E-state index in [4.69, 9.17) is 11.6 Å². The Morgan fingerprint density at radius 3 is 2.20 bits per heavy atom. The first kappa shape index (κ1) is 12.8. The molecule has 3 N–H and O–H groups in total. The fourth-order valence-electron chi connectivity index (χ4n) is 2.89. The van der Waals surface area contributed by atoms with Crippen LogP contribution in [-0.2, 0) is 4.79 Å². The van der Waals surface area contributed by atoms with Gasteiger partial charge in [0.2, 0.25) is 5.91 Å². The predicted octanol–water partition coefficient (Wildman–Crippen LogP) is 0.624. The molecule has 1 aliphatic heterocycles. The molecule has 0 aliphatic carbocycles. The second-order valence-electron chi connectivity index (χ2n) is 5.93. The van der Waals surface area contributed by atoms with Crippen molar-refractivity contribution in [2.24, 2.45) is 0 Å². The summed E-state index contributed by atoms with van der Waals surface area (Å²) >= 11 is 5.49. The van der Waals surface area contributed by atoms with Crippen LogP contribution in [-0.4, -0.2) is 28.9 Å². The van der Waals surface area contributed by atoms with E-state index in [2.05, 4.69) is 38.3 Å². The fraction of sp³-hybridized carbons (Fsp3) is 0.909. The van der Waals surface area contributed by atoms with Gasteiger partial charge in [-0.1, -0.05) is 0 Å². The van der Waals surface area contributed by atoms with Gasteiger partial charge in [0.15, 0.2) is 0 Å². The maximum Gasteiger partial charge on any atom is 0.235 e. The topological polar surface area (TPSA) is 45.7 Å². The molecule has 0 aromatic rings. The highest BCUT2D eigenvalue weighted by Crippen LogP contribution is 2.21. The first-order valence-electron chi connectivity index (χ1n) is 5.46. The molecule has 0 atom stereocenters. The van der Waals surface area contributed by atoms with Gasteiger partial charge in [-0.25, -0.2) is 0 Å². The molecule has 1 fully saturated rings. The third kappa shape index (κ3) is 3.99. The van der Waals surface area contributed by atoms with Gasteiger partial charge in [-0.05, 0) is 27.7 Å². The zero-order valence-corrected chi connectivity index (χ0v) is 10.8. The molecular weight excluding hydrogens is 212 g/mol. The molecule has 88 valence electrons. The molecule has 4 heteroatoms. The van der Waals surface area contributed by atoms with Crippen LogP contribution in [0, 0.1) is 0 Å². The van der Waals surface area contributed by atoms with Crippen molar-refractivity contribution in [3.8, 4) is 0 Å². The summed E-state index contributed by atoms with van der Waals surface area (Å²) in [7, 11) is 0. The van der Waals surface area contributed by atoms with Crippen molar-refractivity contribution in [1.82, 2.24) is 5.32 Å². The third-order valence-electron chi connectivity index (χ3n) is 2.81. The highest BCUT2D eigenvalue weighted by atomic mass is 35.5. The Morgan fingerprint density at radius 2 is 1.80 bits per heavy atom. The van der Waals surface area contributed by atoms with Crippen LogP contribution in [0.25, 0.3) is 0 Å². The lowest BCUT2D eigenvalue weighted by Crippen LogP contribution is -3.06. The highest BCUT2D eigenvalue weighted by molar-refractivity contribution is 6.27. The summed E-state index contributed by atoms with van der Waals surface area (Å²) in [6.45, 7) is 8.86. The number of halogens is 1. The van der Waals surface area contributed by atoms with E-state index in [-0.39, 0.29) is 28.9 Å². The zero-order valence-electron chi connectivity index (χ0n) is 10.1. The van der Waals surface area contributed by atoms with Gasteiger partial charge in [0.05, 0.1) is 11.1 Å². The molecule has 1 amide bonds. The standard InChI is InChI=1S/C11H21ClN2O/c1-10(2)5-8(13-9(15)7-12)6-11(3,4)14-10/h8,14H,5-7H2,1-4H3,(H,13,15)/p+1. The fourth-order valence-corrected chi connectivity index (χ4v) is 2.96. The van der Waals surface area contributed by atoms with E-state index in [9.17, 15) is 4.79 Å². The quantitative estimate of drug-likeness (QED) is 0.676. The van der Waals surface area contributed by atoms with E-state index < -0.39 is 0 Å². The van der Waals surface area contributed by atoms with Crippen molar-refractivity contribution in [2.75, 3.05) is 5.88 Å². The number of rotatable bonds is 2. The van der Waals surface area contributed by atoms with Gasteiger partial charge in [0.1, 0.15) is 5.88 Å². The van der Waals surface area contributed by atoms with Crippen LogP contribution in [0.3, 0.4) is 0 Å². The predicted molar refractivity (Wildman–Crippen MR) is 62.0 cm³/mol. The lowest BCUT2D eigenvalue weighted by molar-refractivity contribution is -0.787. The first-order valence-corrected chi connectivity index (χ1v) is 6.00. The third-order valence-corrected chi connectivity index (χ3v) is 3.06. The van der Waals surface area contributed by atoms with Crippen molar-refractivity contribution in [1.29, 1.82) is 0 Å². The molecule has 0 unspecified atom stereocenters. The molecule has 0 saturated carbocycles. The van der Waals surface area contributed by atoms with Crippen LogP contribution < -0.4 is 10.6 Å². The van der Waals surface area contributed by atoms with Gasteiger partial charge in [0.25, 0.3) is 0 Å². The van der Waals surface area contributed by atoms with Gasteiger partial charge in [-0.15, -0.1) is 11.6 Å². The molecule has 1 aliphatic rings. The number of alkyl halides is 1. The summed E-state index contributed by atoms with van der Waals surface area (Å²) in [6, 6.07) is 0.256. The summed E-state index contributed by atoms with van der Waals surface area (Å²) in [4.78, 5) is 11.2. The zero-order chi connectivity index (χ0) is 11.7. The number of carbonyl (C=O) groups excluding carboxylic acids is 1. The van der Waals surface area contributed by atoms with Gasteiger partial charge < -0.3 is 10.6 Å². The van der Waals surface area contributed by atoms with Crippen LogP contribution >= 0.6 is 11.6 Å². The highest BCUT2D eigenvalue weighted by Gasteiger charge is 2.41. The van der Waals surface area contributed by atoms with Gasteiger partial charge in [0, 0.05) is 18.9 Å². The summed E-state index contributed by atoms with van der Waals surface area (Å²) in [6.07, 6.45) is 2.00.